The molecule has 0 N–H and O–H groups in total. The first kappa shape index (κ1) is 13.9. The minimum Gasteiger partial charge on any atom is -0.380 e. The summed E-state index contributed by atoms with van der Waals surface area (Å²) < 4.78 is 16.6. The minimum atomic E-state index is -0.101. The van der Waals surface area contributed by atoms with Crippen LogP contribution in [0.1, 0.15) is 27.2 Å². The molecule has 0 aromatic heterocycles. The third-order valence-corrected chi connectivity index (χ3v) is 2.91. The maximum Gasteiger partial charge on any atom is 0.170 e. The van der Waals surface area contributed by atoms with E-state index >= 15 is 0 Å². The van der Waals surface area contributed by atoms with E-state index in [-0.39, 0.29) is 6.29 Å². The summed E-state index contributed by atoms with van der Waals surface area (Å²) in [6.45, 7) is 11.1. The predicted molar refractivity (Wildman–Crippen MR) is 63.5 cm³/mol. The van der Waals surface area contributed by atoms with Crippen molar-refractivity contribution in [2.75, 3.05) is 39.5 Å². The average molecular weight is 231 g/mol. The maximum atomic E-state index is 5.57. The van der Waals surface area contributed by atoms with E-state index in [0.29, 0.717) is 19.3 Å². The molecule has 16 heavy (non-hydrogen) atoms. The molecule has 4 nitrogen and oxygen atoms in total. The summed E-state index contributed by atoms with van der Waals surface area (Å²) in [6, 6.07) is 0.547. The second kappa shape index (κ2) is 8.01. The Bertz CT molecular complexity index is 172. The molecule has 0 aliphatic carbocycles. The predicted octanol–water partition coefficient (Wildman–Crippen LogP) is 1.50. The van der Waals surface area contributed by atoms with Gasteiger partial charge in [0.2, 0.25) is 0 Å². The molecule has 4 heteroatoms. The molecule has 96 valence electrons. The van der Waals surface area contributed by atoms with Crippen molar-refractivity contribution >= 4 is 0 Å². The molecular formula is C12H25NO3. The minimum absolute atomic E-state index is 0.101. The second-order valence-corrected chi connectivity index (χ2v) is 4.09. The summed E-state index contributed by atoms with van der Waals surface area (Å²) in [7, 11) is 0. The maximum absolute atomic E-state index is 5.57. The van der Waals surface area contributed by atoms with Gasteiger partial charge < -0.3 is 14.2 Å². The highest BCUT2D eigenvalue weighted by atomic mass is 16.7. The summed E-state index contributed by atoms with van der Waals surface area (Å²) in [5.74, 6) is 0. The first-order valence-electron chi connectivity index (χ1n) is 6.32. The normalized spacial score (nSPS) is 23.6. The van der Waals surface area contributed by atoms with Crippen LogP contribution in [0.4, 0.5) is 0 Å². The van der Waals surface area contributed by atoms with Gasteiger partial charge in [-0.15, -0.1) is 0 Å². The zero-order valence-corrected chi connectivity index (χ0v) is 10.8. The number of rotatable bonds is 6. The van der Waals surface area contributed by atoms with E-state index in [4.69, 9.17) is 14.2 Å². The molecule has 0 amide bonds. The molecule has 0 spiro atoms. The van der Waals surface area contributed by atoms with Gasteiger partial charge in [-0.2, -0.15) is 0 Å². The Kier molecular flexibility index (Phi) is 6.96. The molecule has 0 aromatic carbocycles. The lowest BCUT2D eigenvalue weighted by Gasteiger charge is -2.29. The van der Waals surface area contributed by atoms with Gasteiger partial charge in [0, 0.05) is 39.0 Å². The summed E-state index contributed by atoms with van der Waals surface area (Å²) >= 11 is 0. The van der Waals surface area contributed by atoms with Gasteiger partial charge in [0.15, 0.2) is 6.29 Å². The molecule has 1 aliphatic rings. The largest absolute Gasteiger partial charge is 0.380 e. The van der Waals surface area contributed by atoms with Crippen LogP contribution in [0.2, 0.25) is 0 Å². The quantitative estimate of drug-likeness (QED) is 0.648. The van der Waals surface area contributed by atoms with Crippen LogP contribution < -0.4 is 0 Å². The van der Waals surface area contributed by atoms with Crippen molar-refractivity contribution in [3.63, 3.8) is 0 Å². The van der Waals surface area contributed by atoms with Crippen molar-refractivity contribution in [3.8, 4) is 0 Å². The fraction of sp³-hybridized carbons (Fsp3) is 1.00. The monoisotopic (exact) mass is 231 g/mol. The van der Waals surface area contributed by atoms with Gasteiger partial charge in [0.1, 0.15) is 0 Å². The number of nitrogens with zero attached hydrogens (tertiary/aromatic N) is 1. The van der Waals surface area contributed by atoms with Gasteiger partial charge in [0.05, 0.1) is 6.61 Å². The number of hydrogen-bond acceptors (Lipinski definition) is 4. The lowest BCUT2D eigenvalue weighted by molar-refractivity contribution is -0.149. The van der Waals surface area contributed by atoms with Crippen molar-refractivity contribution in [2.24, 2.45) is 0 Å². The van der Waals surface area contributed by atoms with Crippen LogP contribution in [0.3, 0.4) is 0 Å². The zero-order valence-electron chi connectivity index (χ0n) is 10.8. The molecule has 0 bridgehead atoms. The smallest absolute Gasteiger partial charge is 0.170 e. The summed E-state index contributed by atoms with van der Waals surface area (Å²) in [5, 5.41) is 0. The van der Waals surface area contributed by atoms with Crippen LogP contribution in [-0.2, 0) is 14.2 Å². The van der Waals surface area contributed by atoms with Gasteiger partial charge in [-0.3, -0.25) is 4.90 Å². The Morgan fingerprint density at radius 3 is 2.56 bits per heavy atom. The van der Waals surface area contributed by atoms with Crippen LogP contribution >= 0.6 is 0 Å². The third kappa shape index (κ3) is 4.78. The Hall–Kier alpha value is -0.160. The number of hydrogen-bond donors (Lipinski definition) is 0. The van der Waals surface area contributed by atoms with Crippen molar-refractivity contribution in [2.45, 2.75) is 39.5 Å². The van der Waals surface area contributed by atoms with Crippen molar-refractivity contribution in [1.29, 1.82) is 0 Å². The second-order valence-electron chi connectivity index (χ2n) is 4.09. The van der Waals surface area contributed by atoms with Gasteiger partial charge in [-0.1, -0.05) is 0 Å². The highest BCUT2D eigenvalue weighted by Gasteiger charge is 2.21. The molecule has 1 saturated heterocycles. The Morgan fingerprint density at radius 1 is 1.25 bits per heavy atom. The van der Waals surface area contributed by atoms with Crippen LogP contribution in [0.5, 0.6) is 0 Å². The molecule has 0 aromatic rings. The lowest BCUT2D eigenvalue weighted by atomic mass is 10.2. The van der Waals surface area contributed by atoms with E-state index in [0.717, 1.165) is 32.7 Å². The molecule has 1 atom stereocenters. The van der Waals surface area contributed by atoms with E-state index in [2.05, 4.69) is 11.8 Å². The van der Waals surface area contributed by atoms with E-state index in [1.54, 1.807) is 0 Å². The highest BCUT2D eigenvalue weighted by Crippen LogP contribution is 2.10. The number of ether oxygens (including phenoxy) is 3. The first-order valence-corrected chi connectivity index (χ1v) is 6.32. The molecule has 1 fully saturated rings. The molecule has 1 heterocycles. The molecule has 0 radical (unpaired) electrons. The van der Waals surface area contributed by atoms with Crippen LogP contribution in [0.15, 0.2) is 0 Å². The molecule has 0 saturated carbocycles. The molecule has 1 aliphatic heterocycles. The summed E-state index contributed by atoms with van der Waals surface area (Å²) in [5.41, 5.74) is 0. The van der Waals surface area contributed by atoms with Crippen LogP contribution in [0, 0.1) is 0 Å². The van der Waals surface area contributed by atoms with Crippen LogP contribution in [-0.4, -0.2) is 56.7 Å². The van der Waals surface area contributed by atoms with E-state index in [1.165, 1.54) is 0 Å². The summed E-state index contributed by atoms with van der Waals surface area (Å²) in [4.78, 5) is 2.39. The van der Waals surface area contributed by atoms with E-state index in [9.17, 15) is 0 Å². The lowest BCUT2D eigenvalue weighted by Crippen LogP contribution is -2.41. The Morgan fingerprint density at radius 2 is 1.94 bits per heavy atom. The highest BCUT2D eigenvalue weighted by molar-refractivity contribution is 4.71. The summed E-state index contributed by atoms with van der Waals surface area (Å²) in [6.07, 6.45) is 0.987. The SMILES string of the molecule is CCOC(CN1CCOCC[C@H]1C)OCC. The van der Waals surface area contributed by atoms with Crippen molar-refractivity contribution < 1.29 is 14.2 Å². The van der Waals surface area contributed by atoms with Crippen LogP contribution in [0.25, 0.3) is 0 Å². The van der Waals surface area contributed by atoms with E-state index in [1.807, 2.05) is 13.8 Å². The van der Waals surface area contributed by atoms with Gasteiger partial charge in [0.25, 0.3) is 0 Å². The van der Waals surface area contributed by atoms with Gasteiger partial charge in [-0.25, -0.2) is 0 Å². The van der Waals surface area contributed by atoms with Gasteiger partial charge >= 0.3 is 0 Å². The van der Waals surface area contributed by atoms with Gasteiger partial charge in [-0.05, 0) is 27.2 Å². The molecule has 0 unspecified atom stereocenters. The van der Waals surface area contributed by atoms with E-state index < -0.39 is 0 Å². The fourth-order valence-electron chi connectivity index (χ4n) is 1.93. The third-order valence-electron chi connectivity index (χ3n) is 2.91. The first-order chi connectivity index (χ1) is 7.77. The Balaban J connectivity index is 2.40. The topological polar surface area (TPSA) is 30.9 Å². The fourth-order valence-corrected chi connectivity index (χ4v) is 1.93. The zero-order chi connectivity index (χ0) is 11.8. The standard InChI is InChI=1S/C12H25NO3/c1-4-15-12(16-5-2)10-13-7-9-14-8-6-11(13)3/h11-12H,4-10H2,1-3H3/t11-/m1/s1. The van der Waals surface area contributed by atoms with Crippen molar-refractivity contribution in [1.82, 2.24) is 4.90 Å². The van der Waals surface area contributed by atoms with Crippen molar-refractivity contribution in [3.05, 3.63) is 0 Å². The average Bonchev–Trinajstić information content (AvgIpc) is 2.45. The Labute approximate surface area is 98.8 Å². The molecule has 1 rings (SSSR count). The molecular weight excluding hydrogens is 206 g/mol.